The highest BCUT2D eigenvalue weighted by atomic mass is 32.1. The number of ether oxygens (including phenoxy) is 1. The zero-order valence-electron chi connectivity index (χ0n) is 19.8. The summed E-state index contributed by atoms with van der Waals surface area (Å²) in [6, 6.07) is 12.1. The van der Waals surface area contributed by atoms with Crippen LogP contribution in [-0.2, 0) is 20.9 Å². The monoisotopic (exact) mass is 533 g/mol. The van der Waals surface area contributed by atoms with Gasteiger partial charge in [0.15, 0.2) is 11.6 Å². The van der Waals surface area contributed by atoms with Gasteiger partial charge in [0.2, 0.25) is 11.0 Å². The highest BCUT2D eigenvalue weighted by Crippen LogP contribution is 2.26. The zero-order chi connectivity index (χ0) is 26.8. The molecule has 1 aromatic heterocycles. The molecule has 0 fully saturated rings. The predicted octanol–water partition coefficient (Wildman–Crippen LogP) is 4.21. The van der Waals surface area contributed by atoms with Gasteiger partial charge in [0.1, 0.15) is 11.6 Å². The Bertz CT molecular complexity index is 1230. The molecule has 0 aliphatic carbocycles. The van der Waals surface area contributed by atoms with Gasteiger partial charge in [0.25, 0.3) is 0 Å². The van der Waals surface area contributed by atoms with E-state index in [2.05, 4.69) is 20.9 Å². The molecule has 3 aromatic rings. The number of rotatable bonds is 12. The Kier molecular flexibility index (Phi) is 9.98. The molecule has 1 atom stereocenters. The van der Waals surface area contributed by atoms with E-state index < -0.39 is 35.6 Å². The number of benzene rings is 2. The lowest BCUT2D eigenvalue weighted by atomic mass is 10.1. The number of hydrogen-bond acceptors (Lipinski definition) is 8. The fourth-order valence-corrected chi connectivity index (χ4v) is 4.13. The average Bonchev–Trinajstić information content (AvgIpc) is 3.33. The van der Waals surface area contributed by atoms with Gasteiger partial charge in [0, 0.05) is 31.0 Å². The highest BCUT2D eigenvalue weighted by Gasteiger charge is 2.24. The molecule has 3 N–H and O–H groups in total. The normalized spacial score (nSPS) is 11.5. The topological polar surface area (TPSA) is 134 Å². The number of nitrogens with zero attached hydrogens (tertiary/aromatic N) is 3. The molecule has 196 valence electrons. The van der Waals surface area contributed by atoms with Crippen LogP contribution in [0, 0.1) is 11.6 Å². The molecule has 0 saturated heterocycles. The lowest BCUT2D eigenvalue weighted by Gasteiger charge is -2.31. The molecule has 13 heteroatoms. The summed E-state index contributed by atoms with van der Waals surface area (Å²) in [5.41, 5.74) is 3.55. The van der Waals surface area contributed by atoms with Crippen molar-refractivity contribution >= 4 is 34.4 Å². The van der Waals surface area contributed by atoms with Gasteiger partial charge in [0.05, 0.1) is 6.04 Å². The van der Waals surface area contributed by atoms with Crippen LogP contribution in [0.4, 0.5) is 18.7 Å². The van der Waals surface area contributed by atoms with Crippen LogP contribution in [0.15, 0.2) is 48.5 Å². The predicted molar refractivity (Wildman–Crippen MR) is 131 cm³/mol. The number of carboxylic acid groups (broad SMARTS) is 1. The first kappa shape index (κ1) is 27.6. The van der Waals surface area contributed by atoms with Gasteiger partial charge >= 0.3 is 12.1 Å². The van der Waals surface area contributed by atoms with Crippen LogP contribution in [0.5, 0.6) is 0 Å². The standard InChI is InChI=1S/C24H25F2N5O5S/c1-15(32)31(27-13-17-9-5-11-19(25)21(17)26)18(10-6-12-20(33)34)14-36-24(35)28-23-30-29-22(37-23)16-7-3-2-4-8-16/h2-5,7-9,11,18,27H,6,10,12-14H2,1H3,(H,33,34)(H,28,30,35)/t18-/m0/s1. The van der Waals surface area contributed by atoms with Gasteiger partial charge < -0.3 is 9.84 Å². The van der Waals surface area contributed by atoms with Crippen molar-refractivity contribution in [2.45, 2.75) is 38.8 Å². The molecule has 0 bridgehead atoms. The van der Waals surface area contributed by atoms with Gasteiger partial charge in [-0.2, -0.15) is 0 Å². The summed E-state index contributed by atoms with van der Waals surface area (Å²) in [6.45, 7) is 0.720. The summed E-state index contributed by atoms with van der Waals surface area (Å²) in [6.07, 6.45) is -0.671. The Morgan fingerprint density at radius 3 is 2.57 bits per heavy atom. The van der Waals surface area contributed by atoms with E-state index >= 15 is 0 Å². The van der Waals surface area contributed by atoms with E-state index in [9.17, 15) is 23.2 Å². The highest BCUT2D eigenvalue weighted by molar-refractivity contribution is 7.18. The van der Waals surface area contributed by atoms with Gasteiger partial charge in [-0.05, 0) is 18.9 Å². The molecular weight excluding hydrogens is 508 g/mol. The first-order valence-corrected chi connectivity index (χ1v) is 12.1. The second kappa shape index (κ2) is 13.4. The van der Waals surface area contributed by atoms with E-state index in [1.807, 2.05) is 30.3 Å². The largest absolute Gasteiger partial charge is 0.481 e. The van der Waals surface area contributed by atoms with Crippen molar-refractivity contribution in [3.8, 4) is 10.6 Å². The van der Waals surface area contributed by atoms with Gasteiger partial charge in [-0.15, -0.1) is 10.2 Å². The fraction of sp³-hybridized carbons (Fsp3) is 0.292. The number of halogens is 2. The molecule has 2 aromatic carbocycles. The van der Waals surface area contributed by atoms with E-state index in [1.165, 1.54) is 19.1 Å². The van der Waals surface area contributed by atoms with Gasteiger partial charge in [-0.1, -0.05) is 53.8 Å². The molecule has 0 spiro atoms. The third-order valence-corrected chi connectivity index (χ3v) is 6.05. The lowest BCUT2D eigenvalue weighted by Crippen LogP contribution is -2.50. The third-order valence-electron chi connectivity index (χ3n) is 5.17. The zero-order valence-corrected chi connectivity index (χ0v) is 20.6. The molecule has 10 nitrogen and oxygen atoms in total. The van der Waals surface area contributed by atoms with E-state index in [4.69, 9.17) is 9.84 Å². The summed E-state index contributed by atoms with van der Waals surface area (Å²) < 4.78 is 32.9. The third kappa shape index (κ3) is 8.29. The number of aliphatic carboxylic acids is 1. The lowest BCUT2D eigenvalue weighted by molar-refractivity contribution is -0.137. The quantitative estimate of drug-likeness (QED) is 0.295. The number of anilines is 1. The van der Waals surface area contributed by atoms with Crippen molar-refractivity contribution in [2.75, 3.05) is 11.9 Å². The van der Waals surface area contributed by atoms with Crippen molar-refractivity contribution in [3.05, 3.63) is 65.7 Å². The number of amides is 2. The average molecular weight is 534 g/mol. The number of carboxylic acids is 1. The Labute approximate surface area is 215 Å². The first-order valence-electron chi connectivity index (χ1n) is 11.2. The maximum absolute atomic E-state index is 14.0. The van der Waals surface area contributed by atoms with Crippen LogP contribution < -0.4 is 10.7 Å². The van der Waals surface area contributed by atoms with Crippen molar-refractivity contribution in [1.82, 2.24) is 20.6 Å². The summed E-state index contributed by atoms with van der Waals surface area (Å²) in [5.74, 6) is -3.59. The van der Waals surface area contributed by atoms with Crippen molar-refractivity contribution in [1.29, 1.82) is 0 Å². The summed E-state index contributed by atoms with van der Waals surface area (Å²) in [7, 11) is 0. The minimum atomic E-state index is -1.05. The molecule has 37 heavy (non-hydrogen) atoms. The molecule has 0 saturated carbocycles. The van der Waals surface area contributed by atoms with E-state index in [0.717, 1.165) is 28.0 Å². The minimum Gasteiger partial charge on any atom is -0.481 e. The molecule has 0 radical (unpaired) electrons. The van der Waals surface area contributed by atoms with Crippen LogP contribution in [0.1, 0.15) is 31.7 Å². The molecule has 0 aliphatic heterocycles. The van der Waals surface area contributed by atoms with Crippen LogP contribution in [0.25, 0.3) is 10.6 Å². The van der Waals surface area contributed by atoms with Crippen molar-refractivity contribution in [2.24, 2.45) is 0 Å². The van der Waals surface area contributed by atoms with Crippen LogP contribution >= 0.6 is 11.3 Å². The molecule has 1 heterocycles. The van der Waals surface area contributed by atoms with Crippen LogP contribution in [0.2, 0.25) is 0 Å². The second-order valence-electron chi connectivity index (χ2n) is 7.88. The van der Waals surface area contributed by atoms with E-state index in [1.54, 1.807) is 0 Å². The number of hydrogen-bond donors (Lipinski definition) is 3. The first-order chi connectivity index (χ1) is 17.7. The molecule has 0 unspecified atom stereocenters. The van der Waals surface area contributed by atoms with Crippen LogP contribution in [0.3, 0.4) is 0 Å². The second-order valence-corrected chi connectivity index (χ2v) is 8.86. The number of carbonyl (C=O) groups is 3. The Morgan fingerprint density at radius 2 is 1.86 bits per heavy atom. The number of hydrazine groups is 1. The van der Waals surface area contributed by atoms with Gasteiger partial charge in [-0.3, -0.25) is 19.9 Å². The summed E-state index contributed by atoms with van der Waals surface area (Å²) in [4.78, 5) is 35.7. The summed E-state index contributed by atoms with van der Waals surface area (Å²) in [5, 5.41) is 21.3. The van der Waals surface area contributed by atoms with Crippen LogP contribution in [-0.4, -0.2) is 50.9 Å². The molecule has 0 aliphatic rings. The minimum absolute atomic E-state index is 0.0142. The maximum atomic E-state index is 14.0. The molecule has 3 rings (SSSR count). The molecule has 2 amide bonds. The van der Waals surface area contributed by atoms with Crippen molar-refractivity contribution < 1.29 is 33.0 Å². The van der Waals surface area contributed by atoms with Crippen molar-refractivity contribution in [3.63, 3.8) is 0 Å². The molecular formula is C24H25F2N5O5S. The number of carbonyl (C=O) groups excluding carboxylic acids is 2. The Balaban J connectivity index is 1.64. The SMILES string of the molecule is CC(=O)N(NCc1cccc(F)c1F)[C@@H](CCCC(=O)O)COC(=O)Nc1nnc(-c2ccccc2)s1. The smallest absolute Gasteiger partial charge is 0.413 e. The fourth-order valence-electron chi connectivity index (χ4n) is 3.40. The maximum Gasteiger partial charge on any atom is 0.413 e. The van der Waals surface area contributed by atoms with Gasteiger partial charge in [-0.25, -0.2) is 19.0 Å². The Morgan fingerprint density at radius 1 is 1.11 bits per heavy atom. The van der Waals surface area contributed by atoms with E-state index in [-0.39, 0.29) is 43.1 Å². The number of nitrogens with one attached hydrogen (secondary N) is 2. The van der Waals surface area contributed by atoms with E-state index in [0.29, 0.717) is 5.01 Å². The number of aromatic nitrogens is 2. The summed E-state index contributed by atoms with van der Waals surface area (Å²) >= 11 is 1.14. The Hall–Kier alpha value is -3.97.